The summed E-state index contributed by atoms with van der Waals surface area (Å²) in [7, 11) is 1.60. The maximum atomic E-state index is 12.0. The number of likely N-dealkylation sites (N-methyl/N-ethyl adjacent to an activating group) is 1. The Labute approximate surface area is 132 Å². The molecular weight excluding hydrogens is 276 g/mol. The Hall–Kier alpha value is -2.10. The number of fused-ring (bicyclic) bond motifs is 1. The second kappa shape index (κ2) is 6.77. The van der Waals surface area contributed by atoms with Gasteiger partial charge in [0.1, 0.15) is 0 Å². The molecule has 1 aliphatic carbocycles. The molecule has 1 atom stereocenters. The lowest BCUT2D eigenvalue weighted by atomic mass is 9.71. The maximum Gasteiger partial charge on any atom is 0.246 e. The average Bonchev–Trinajstić information content (AvgIpc) is 2.52. The second-order valence-corrected chi connectivity index (χ2v) is 6.25. The molecule has 0 saturated carbocycles. The van der Waals surface area contributed by atoms with Crippen LogP contribution in [0.3, 0.4) is 0 Å². The molecule has 0 radical (unpaired) electrons. The Morgan fingerprint density at radius 1 is 1.41 bits per heavy atom. The molecule has 4 heteroatoms. The quantitative estimate of drug-likeness (QED) is 0.846. The van der Waals surface area contributed by atoms with Crippen LogP contribution < -0.4 is 5.32 Å². The number of carbonyl (C=O) groups excluding carboxylic acids is 2. The zero-order valence-electron chi connectivity index (χ0n) is 13.4. The molecular formula is C18H24N2O2. The minimum atomic E-state index is -0.246. The predicted octanol–water partition coefficient (Wildman–Crippen LogP) is 2.04. The van der Waals surface area contributed by atoms with E-state index in [2.05, 4.69) is 43.1 Å². The van der Waals surface area contributed by atoms with Crippen LogP contribution in [0.5, 0.6) is 0 Å². The van der Waals surface area contributed by atoms with Crippen LogP contribution in [-0.2, 0) is 21.4 Å². The minimum absolute atomic E-state index is 0.0362. The molecule has 2 rings (SSSR count). The van der Waals surface area contributed by atoms with Gasteiger partial charge in [-0.05, 0) is 36.5 Å². The third kappa shape index (κ3) is 3.56. The standard InChI is InChI=1S/C18H24N2O2/c1-4-17(22)20(3)12-16(21)19-13-18(2)11-7-9-14-8-5-6-10-15(14)18/h4-6,8,10H,1,7,9,11-13H2,2-3H3,(H,19,21). The molecule has 1 aromatic carbocycles. The summed E-state index contributed by atoms with van der Waals surface area (Å²) in [5, 5.41) is 2.98. The van der Waals surface area contributed by atoms with Gasteiger partial charge >= 0.3 is 0 Å². The highest BCUT2D eigenvalue weighted by atomic mass is 16.2. The molecule has 118 valence electrons. The molecule has 0 aliphatic heterocycles. The first-order valence-corrected chi connectivity index (χ1v) is 7.69. The first-order chi connectivity index (χ1) is 10.5. The number of hydrogen-bond donors (Lipinski definition) is 1. The summed E-state index contributed by atoms with van der Waals surface area (Å²) in [6.07, 6.45) is 4.52. The van der Waals surface area contributed by atoms with E-state index in [-0.39, 0.29) is 23.8 Å². The van der Waals surface area contributed by atoms with E-state index in [1.165, 1.54) is 22.1 Å². The van der Waals surface area contributed by atoms with Gasteiger partial charge in [-0.1, -0.05) is 37.8 Å². The number of rotatable bonds is 5. The van der Waals surface area contributed by atoms with E-state index in [9.17, 15) is 9.59 Å². The van der Waals surface area contributed by atoms with E-state index in [0.29, 0.717) is 6.54 Å². The number of amides is 2. The molecule has 22 heavy (non-hydrogen) atoms. The Bertz CT molecular complexity index is 582. The largest absolute Gasteiger partial charge is 0.354 e. The highest BCUT2D eigenvalue weighted by Gasteiger charge is 2.32. The van der Waals surface area contributed by atoms with Gasteiger partial charge in [-0.2, -0.15) is 0 Å². The number of nitrogens with zero attached hydrogens (tertiary/aromatic N) is 1. The molecule has 0 spiro atoms. The number of carbonyl (C=O) groups is 2. The summed E-state index contributed by atoms with van der Waals surface area (Å²) in [6, 6.07) is 8.46. The Kier molecular flexibility index (Phi) is 5.01. The lowest BCUT2D eigenvalue weighted by Crippen LogP contribution is -2.44. The van der Waals surface area contributed by atoms with Crippen molar-refractivity contribution < 1.29 is 9.59 Å². The van der Waals surface area contributed by atoms with Crippen molar-refractivity contribution in [2.75, 3.05) is 20.1 Å². The van der Waals surface area contributed by atoms with Crippen LogP contribution in [0.2, 0.25) is 0 Å². The van der Waals surface area contributed by atoms with Crippen molar-refractivity contribution >= 4 is 11.8 Å². The first kappa shape index (κ1) is 16.3. The van der Waals surface area contributed by atoms with Gasteiger partial charge in [0.05, 0.1) is 6.54 Å². The van der Waals surface area contributed by atoms with Gasteiger partial charge in [0, 0.05) is 19.0 Å². The smallest absolute Gasteiger partial charge is 0.246 e. The zero-order chi connectivity index (χ0) is 16.2. The van der Waals surface area contributed by atoms with Gasteiger partial charge in [-0.3, -0.25) is 9.59 Å². The van der Waals surface area contributed by atoms with Gasteiger partial charge in [0.25, 0.3) is 0 Å². The predicted molar refractivity (Wildman–Crippen MR) is 87.6 cm³/mol. The van der Waals surface area contributed by atoms with Crippen LogP contribution >= 0.6 is 0 Å². The minimum Gasteiger partial charge on any atom is -0.354 e. The van der Waals surface area contributed by atoms with Gasteiger partial charge in [0.2, 0.25) is 11.8 Å². The number of aryl methyl sites for hydroxylation is 1. The molecule has 0 bridgehead atoms. The fraction of sp³-hybridized carbons (Fsp3) is 0.444. The van der Waals surface area contributed by atoms with Crippen molar-refractivity contribution in [2.45, 2.75) is 31.6 Å². The van der Waals surface area contributed by atoms with Crippen molar-refractivity contribution in [3.05, 3.63) is 48.0 Å². The summed E-state index contributed by atoms with van der Waals surface area (Å²) < 4.78 is 0. The topological polar surface area (TPSA) is 49.4 Å². The van der Waals surface area contributed by atoms with Gasteiger partial charge < -0.3 is 10.2 Å². The average molecular weight is 300 g/mol. The van der Waals surface area contributed by atoms with Crippen molar-refractivity contribution in [1.82, 2.24) is 10.2 Å². The van der Waals surface area contributed by atoms with Gasteiger partial charge in [-0.15, -0.1) is 0 Å². The normalized spacial score (nSPS) is 19.9. The van der Waals surface area contributed by atoms with Crippen LogP contribution in [0.4, 0.5) is 0 Å². The van der Waals surface area contributed by atoms with Crippen molar-refractivity contribution in [1.29, 1.82) is 0 Å². The van der Waals surface area contributed by atoms with E-state index >= 15 is 0 Å². The molecule has 1 unspecified atom stereocenters. The number of nitrogens with one attached hydrogen (secondary N) is 1. The monoisotopic (exact) mass is 300 g/mol. The zero-order valence-corrected chi connectivity index (χ0v) is 13.4. The number of hydrogen-bond acceptors (Lipinski definition) is 2. The van der Waals surface area contributed by atoms with Gasteiger partial charge in [0.15, 0.2) is 0 Å². The summed E-state index contributed by atoms with van der Waals surface area (Å²) in [5.74, 6) is -0.383. The SMILES string of the molecule is C=CC(=O)N(C)CC(=O)NCC1(C)CCCc2ccccc21. The summed E-state index contributed by atoms with van der Waals surface area (Å²) in [5.41, 5.74) is 2.67. The fourth-order valence-electron chi connectivity index (χ4n) is 3.11. The van der Waals surface area contributed by atoms with Crippen LogP contribution in [0, 0.1) is 0 Å². The Balaban J connectivity index is 1.98. The van der Waals surface area contributed by atoms with E-state index in [1.54, 1.807) is 7.05 Å². The van der Waals surface area contributed by atoms with E-state index in [1.807, 2.05) is 0 Å². The fourth-order valence-corrected chi connectivity index (χ4v) is 3.11. The third-order valence-electron chi connectivity index (χ3n) is 4.45. The lowest BCUT2D eigenvalue weighted by molar-refractivity contribution is -0.131. The molecule has 0 heterocycles. The van der Waals surface area contributed by atoms with Crippen molar-refractivity contribution in [2.24, 2.45) is 0 Å². The van der Waals surface area contributed by atoms with E-state index < -0.39 is 0 Å². The molecule has 1 aliphatic rings. The molecule has 1 aromatic rings. The maximum absolute atomic E-state index is 12.0. The third-order valence-corrected chi connectivity index (χ3v) is 4.45. The van der Waals surface area contributed by atoms with Crippen LogP contribution in [0.25, 0.3) is 0 Å². The molecule has 0 saturated heterocycles. The Morgan fingerprint density at radius 2 is 2.14 bits per heavy atom. The summed E-state index contributed by atoms with van der Waals surface area (Å²) >= 11 is 0. The molecule has 4 nitrogen and oxygen atoms in total. The summed E-state index contributed by atoms with van der Waals surface area (Å²) in [6.45, 7) is 6.27. The van der Waals surface area contributed by atoms with E-state index in [4.69, 9.17) is 0 Å². The van der Waals surface area contributed by atoms with E-state index in [0.717, 1.165) is 19.3 Å². The van der Waals surface area contributed by atoms with Crippen LogP contribution in [-0.4, -0.2) is 36.9 Å². The van der Waals surface area contributed by atoms with Crippen LogP contribution in [0.15, 0.2) is 36.9 Å². The molecule has 2 amide bonds. The van der Waals surface area contributed by atoms with Gasteiger partial charge in [-0.25, -0.2) is 0 Å². The molecule has 0 fully saturated rings. The Morgan fingerprint density at radius 3 is 2.86 bits per heavy atom. The highest BCUT2D eigenvalue weighted by molar-refractivity contribution is 5.90. The highest BCUT2D eigenvalue weighted by Crippen LogP contribution is 2.36. The second-order valence-electron chi connectivity index (χ2n) is 6.25. The summed E-state index contributed by atoms with van der Waals surface area (Å²) in [4.78, 5) is 24.8. The lowest BCUT2D eigenvalue weighted by Gasteiger charge is -2.36. The molecule has 0 aromatic heterocycles. The molecule has 1 N–H and O–H groups in total. The number of benzene rings is 1. The van der Waals surface area contributed by atoms with Crippen molar-refractivity contribution in [3.63, 3.8) is 0 Å². The van der Waals surface area contributed by atoms with Crippen LogP contribution in [0.1, 0.15) is 30.9 Å². The first-order valence-electron chi connectivity index (χ1n) is 7.69. The van der Waals surface area contributed by atoms with Crippen molar-refractivity contribution in [3.8, 4) is 0 Å².